The van der Waals surface area contributed by atoms with Gasteiger partial charge in [0.2, 0.25) is 0 Å². The zero-order valence-electron chi connectivity index (χ0n) is 14.2. The number of carbonyl (C=O) groups excluding carboxylic acids is 1. The lowest BCUT2D eigenvalue weighted by atomic mass is 10.1. The highest BCUT2D eigenvalue weighted by Crippen LogP contribution is 2.17. The second kappa shape index (κ2) is 9.34. The fourth-order valence-corrected chi connectivity index (χ4v) is 3.67. The summed E-state index contributed by atoms with van der Waals surface area (Å²) < 4.78 is 35.0. The minimum atomic E-state index is -3.45. The average Bonchev–Trinajstić information content (AvgIpc) is 2.62. The Kier molecular flexibility index (Phi) is 7.16. The van der Waals surface area contributed by atoms with Gasteiger partial charge in [0, 0.05) is 13.7 Å². The molecule has 0 unspecified atom stereocenters. The van der Waals surface area contributed by atoms with E-state index in [1.54, 1.807) is 61.7 Å². The van der Waals surface area contributed by atoms with E-state index in [9.17, 15) is 13.2 Å². The third-order valence-corrected chi connectivity index (χ3v) is 5.30. The van der Waals surface area contributed by atoms with Crippen LogP contribution in [0.2, 0.25) is 0 Å². The van der Waals surface area contributed by atoms with Gasteiger partial charge in [0.15, 0.2) is 9.84 Å². The summed E-state index contributed by atoms with van der Waals surface area (Å²) in [5.41, 5.74) is 0.908. The van der Waals surface area contributed by atoms with Gasteiger partial charge in [-0.25, -0.2) is 13.2 Å². The molecule has 0 radical (unpaired) electrons. The molecule has 0 aliphatic heterocycles. The SMILES string of the molecule is COCCCCOC(=O)c1cccc(CS(=O)(=O)c2ccccc2)c1. The van der Waals surface area contributed by atoms with E-state index < -0.39 is 15.8 Å². The number of sulfone groups is 1. The molecule has 5 nitrogen and oxygen atoms in total. The Morgan fingerprint density at radius 3 is 2.40 bits per heavy atom. The molecule has 0 aromatic heterocycles. The fraction of sp³-hybridized carbons (Fsp3) is 0.316. The number of benzene rings is 2. The number of hydrogen-bond acceptors (Lipinski definition) is 5. The lowest BCUT2D eigenvalue weighted by molar-refractivity contribution is 0.0489. The van der Waals surface area contributed by atoms with Gasteiger partial charge in [0.1, 0.15) is 0 Å². The van der Waals surface area contributed by atoms with E-state index >= 15 is 0 Å². The Hall–Kier alpha value is -2.18. The molecule has 0 aliphatic carbocycles. The van der Waals surface area contributed by atoms with Crippen LogP contribution in [-0.2, 0) is 25.1 Å². The van der Waals surface area contributed by atoms with Gasteiger partial charge in [0.25, 0.3) is 0 Å². The van der Waals surface area contributed by atoms with Crippen molar-refractivity contribution in [3.63, 3.8) is 0 Å². The molecule has 2 rings (SSSR count). The molecule has 0 atom stereocenters. The Bertz CT molecular complexity index is 784. The maximum Gasteiger partial charge on any atom is 0.338 e. The van der Waals surface area contributed by atoms with E-state index in [4.69, 9.17) is 9.47 Å². The fourth-order valence-electron chi connectivity index (χ4n) is 2.32. The van der Waals surface area contributed by atoms with Crippen LogP contribution in [0.15, 0.2) is 59.5 Å². The summed E-state index contributed by atoms with van der Waals surface area (Å²) in [4.78, 5) is 12.3. The Morgan fingerprint density at radius 1 is 0.960 bits per heavy atom. The zero-order chi connectivity index (χ0) is 18.1. The van der Waals surface area contributed by atoms with Crippen LogP contribution in [0.3, 0.4) is 0 Å². The summed E-state index contributed by atoms with van der Waals surface area (Å²) in [5.74, 6) is -0.609. The van der Waals surface area contributed by atoms with E-state index in [1.807, 2.05) is 0 Å². The van der Waals surface area contributed by atoms with Crippen molar-refractivity contribution in [1.29, 1.82) is 0 Å². The first-order valence-corrected chi connectivity index (χ1v) is 9.71. The van der Waals surface area contributed by atoms with Crippen LogP contribution >= 0.6 is 0 Å². The number of unbranched alkanes of at least 4 members (excludes halogenated alkanes) is 1. The third kappa shape index (κ3) is 5.99. The molecule has 0 aliphatic rings. The van der Waals surface area contributed by atoms with Gasteiger partial charge < -0.3 is 9.47 Å². The summed E-state index contributed by atoms with van der Waals surface area (Å²) in [5, 5.41) is 0. The van der Waals surface area contributed by atoms with E-state index in [1.165, 1.54) is 0 Å². The number of rotatable bonds is 9. The van der Waals surface area contributed by atoms with Gasteiger partial charge in [-0.15, -0.1) is 0 Å². The minimum absolute atomic E-state index is 0.161. The molecule has 0 saturated carbocycles. The van der Waals surface area contributed by atoms with E-state index in [2.05, 4.69) is 0 Å². The quantitative estimate of drug-likeness (QED) is 0.506. The number of esters is 1. The van der Waals surface area contributed by atoms with Crippen molar-refractivity contribution >= 4 is 15.8 Å². The minimum Gasteiger partial charge on any atom is -0.462 e. The molecule has 134 valence electrons. The van der Waals surface area contributed by atoms with E-state index in [-0.39, 0.29) is 10.6 Å². The van der Waals surface area contributed by atoms with Gasteiger partial charge >= 0.3 is 5.97 Å². The highest BCUT2D eigenvalue weighted by atomic mass is 32.2. The molecule has 2 aromatic rings. The van der Waals surface area contributed by atoms with Crippen LogP contribution < -0.4 is 0 Å². The lowest BCUT2D eigenvalue weighted by Crippen LogP contribution is -2.09. The topological polar surface area (TPSA) is 69.7 Å². The van der Waals surface area contributed by atoms with E-state index in [0.717, 1.165) is 12.8 Å². The first-order chi connectivity index (χ1) is 12.0. The number of carbonyl (C=O) groups is 1. The van der Waals surface area contributed by atoms with E-state index in [0.29, 0.717) is 24.3 Å². The van der Waals surface area contributed by atoms with Crippen molar-refractivity contribution in [1.82, 2.24) is 0 Å². The second-order valence-corrected chi connectivity index (χ2v) is 7.60. The molecular weight excluding hydrogens is 340 g/mol. The molecule has 0 amide bonds. The Labute approximate surface area is 148 Å². The molecule has 0 heterocycles. The molecule has 0 fully saturated rings. The van der Waals surface area contributed by atoms with Gasteiger partial charge in [-0.1, -0.05) is 30.3 Å². The molecular formula is C19H22O5S. The predicted molar refractivity (Wildman–Crippen MR) is 95.2 cm³/mol. The maximum atomic E-state index is 12.4. The third-order valence-electron chi connectivity index (χ3n) is 3.60. The monoisotopic (exact) mass is 362 g/mol. The largest absolute Gasteiger partial charge is 0.462 e. The normalized spacial score (nSPS) is 11.2. The number of methoxy groups -OCH3 is 1. The Balaban J connectivity index is 2.00. The van der Waals surface area contributed by atoms with Crippen LogP contribution in [0, 0.1) is 0 Å². The van der Waals surface area contributed by atoms with Crippen LogP contribution in [-0.4, -0.2) is 34.7 Å². The predicted octanol–water partition coefficient (Wildman–Crippen LogP) is 3.24. The molecule has 25 heavy (non-hydrogen) atoms. The highest BCUT2D eigenvalue weighted by Gasteiger charge is 2.16. The first kappa shape index (κ1) is 19.1. The standard InChI is InChI=1S/C19H22O5S/c1-23-12-5-6-13-24-19(20)17-9-7-8-16(14-17)15-25(21,22)18-10-3-2-4-11-18/h2-4,7-11,14H,5-6,12-13,15H2,1H3. The Morgan fingerprint density at radius 2 is 1.68 bits per heavy atom. The lowest BCUT2D eigenvalue weighted by Gasteiger charge is -2.08. The van der Waals surface area contributed by atoms with Gasteiger partial charge in [-0.05, 0) is 42.7 Å². The molecule has 0 saturated heterocycles. The van der Waals surface area contributed by atoms with Crippen LogP contribution in [0.4, 0.5) is 0 Å². The average molecular weight is 362 g/mol. The summed E-state index contributed by atoms with van der Waals surface area (Å²) in [6.45, 7) is 0.944. The molecule has 0 spiro atoms. The van der Waals surface area contributed by atoms with Gasteiger partial charge in [0.05, 0.1) is 22.8 Å². The molecule has 0 bridgehead atoms. The van der Waals surface area contributed by atoms with Crippen molar-refractivity contribution in [2.45, 2.75) is 23.5 Å². The van der Waals surface area contributed by atoms with Crippen molar-refractivity contribution in [2.75, 3.05) is 20.3 Å². The van der Waals surface area contributed by atoms with Crippen molar-refractivity contribution in [3.8, 4) is 0 Å². The van der Waals surface area contributed by atoms with Crippen molar-refractivity contribution < 1.29 is 22.7 Å². The van der Waals surface area contributed by atoms with Crippen molar-refractivity contribution in [3.05, 3.63) is 65.7 Å². The van der Waals surface area contributed by atoms with Crippen LogP contribution in [0.5, 0.6) is 0 Å². The summed E-state index contributed by atoms with van der Waals surface area (Å²) in [6.07, 6.45) is 1.54. The molecule has 6 heteroatoms. The van der Waals surface area contributed by atoms with Crippen molar-refractivity contribution in [2.24, 2.45) is 0 Å². The molecule has 0 N–H and O–H groups in total. The maximum absolute atomic E-state index is 12.4. The highest BCUT2D eigenvalue weighted by molar-refractivity contribution is 7.90. The summed E-state index contributed by atoms with van der Waals surface area (Å²) in [7, 11) is -1.82. The summed E-state index contributed by atoms with van der Waals surface area (Å²) >= 11 is 0. The van der Waals surface area contributed by atoms with Crippen LogP contribution in [0.1, 0.15) is 28.8 Å². The molecule has 2 aromatic carbocycles. The smallest absolute Gasteiger partial charge is 0.338 e. The zero-order valence-corrected chi connectivity index (χ0v) is 15.0. The summed E-state index contributed by atoms with van der Waals surface area (Å²) in [6, 6.07) is 14.8. The number of hydrogen-bond donors (Lipinski definition) is 0. The van der Waals surface area contributed by atoms with Gasteiger partial charge in [-0.3, -0.25) is 0 Å². The second-order valence-electron chi connectivity index (χ2n) is 5.61. The number of ether oxygens (including phenoxy) is 2. The first-order valence-electron chi connectivity index (χ1n) is 8.06. The van der Waals surface area contributed by atoms with Gasteiger partial charge in [-0.2, -0.15) is 0 Å². The van der Waals surface area contributed by atoms with Crippen LogP contribution in [0.25, 0.3) is 0 Å².